The van der Waals surface area contributed by atoms with E-state index < -0.39 is 27.4 Å². The van der Waals surface area contributed by atoms with Crippen LogP contribution in [0, 0.1) is 20.8 Å². The van der Waals surface area contributed by atoms with Gasteiger partial charge in [-0.2, -0.15) is 21.6 Å². The van der Waals surface area contributed by atoms with Gasteiger partial charge in [0.05, 0.1) is 0 Å². The van der Waals surface area contributed by atoms with Crippen LogP contribution in [0.25, 0.3) is 0 Å². The highest BCUT2D eigenvalue weighted by atomic mass is 32.2. The summed E-state index contributed by atoms with van der Waals surface area (Å²) in [6, 6.07) is 3.34. The maximum Gasteiger partial charge on any atom is 0.523 e. The van der Waals surface area contributed by atoms with Gasteiger partial charge in [0.1, 0.15) is 6.10 Å². The number of hydrogen-bond acceptors (Lipinski definition) is 3. The predicted molar refractivity (Wildman–Crippen MR) is 81.6 cm³/mol. The lowest BCUT2D eigenvalue weighted by molar-refractivity contribution is -0.0607. The van der Waals surface area contributed by atoms with E-state index in [0.717, 1.165) is 17.7 Å². The van der Waals surface area contributed by atoms with Gasteiger partial charge in [0.2, 0.25) is 0 Å². The fraction of sp³-hybridized carbons (Fsp3) is 0.375. The van der Waals surface area contributed by atoms with Gasteiger partial charge < -0.3 is 0 Å². The molecule has 0 bridgehead atoms. The Labute approximate surface area is 137 Å². The molecular formula is C16H16F4O3S. The molecule has 1 aliphatic rings. The Bertz CT molecular complexity index is 786. The largest absolute Gasteiger partial charge is 0.523 e. The van der Waals surface area contributed by atoms with Crippen molar-refractivity contribution >= 4 is 10.1 Å². The highest BCUT2D eigenvalue weighted by molar-refractivity contribution is 7.87. The second kappa shape index (κ2) is 6.00. The Hall–Kier alpha value is -1.67. The van der Waals surface area contributed by atoms with Gasteiger partial charge in [-0.1, -0.05) is 35.9 Å². The van der Waals surface area contributed by atoms with Crippen LogP contribution in [0.1, 0.15) is 22.3 Å². The van der Waals surface area contributed by atoms with E-state index in [1.54, 1.807) is 32.9 Å². The standard InChI is InChI=1S/C16H16F4O3S/c1-10-8-11(2)14(12(3)9-10)15(17)7-5-4-6-13(15)23-24(21,22)16(18,19)20/h4-9,13H,1-3H3. The van der Waals surface area contributed by atoms with Crippen molar-refractivity contribution in [2.75, 3.05) is 0 Å². The number of aryl methyl sites for hydroxylation is 3. The summed E-state index contributed by atoms with van der Waals surface area (Å²) < 4.78 is 80.1. The maximum atomic E-state index is 15.6. The SMILES string of the molecule is Cc1cc(C)c(C2(F)C=CC=CC2OS(=O)(=O)C(F)(F)F)c(C)c1. The predicted octanol–water partition coefficient (Wildman–Crippen LogP) is 4.14. The Morgan fingerprint density at radius 1 is 1.08 bits per heavy atom. The number of alkyl halides is 4. The fourth-order valence-corrected chi connectivity index (χ4v) is 3.48. The molecule has 0 aromatic heterocycles. The minimum absolute atomic E-state index is 0.0936. The first-order valence-corrected chi connectivity index (χ1v) is 8.42. The highest BCUT2D eigenvalue weighted by Gasteiger charge is 2.52. The summed E-state index contributed by atoms with van der Waals surface area (Å²) in [6.07, 6.45) is 2.57. The van der Waals surface area contributed by atoms with Crippen molar-refractivity contribution in [2.24, 2.45) is 0 Å². The monoisotopic (exact) mass is 364 g/mol. The van der Waals surface area contributed by atoms with Gasteiger partial charge in [0, 0.05) is 5.56 Å². The zero-order valence-electron chi connectivity index (χ0n) is 13.2. The van der Waals surface area contributed by atoms with Crippen LogP contribution >= 0.6 is 0 Å². The van der Waals surface area contributed by atoms with Gasteiger partial charge >= 0.3 is 15.6 Å². The second-order valence-corrected chi connectivity index (χ2v) is 7.27. The summed E-state index contributed by atoms with van der Waals surface area (Å²) in [6.45, 7) is 5.02. The summed E-state index contributed by atoms with van der Waals surface area (Å²) in [4.78, 5) is 0. The quantitative estimate of drug-likeness (QED) is 0.460. The smallest absolute Gasteiger partial charge is 0.251 e. The molecule has 0 fully saturated rings. The first-order chi connectivity index (χ1) is 10.9. The van der Waals surface area contributed by atoms with Crippen molar-refractivity contribution < 1.29 is 30.2 Å². The molecule has 2 unspecified atom stereocenters. The van der Waals surface area contributed by atoms with Crippen molar-refractivity contribution in [3.63, 3.8) is 0 Å². The molecule has 0 heterocycles. The van der Waals surface area contributed by atoms with E-state index in [1.165, 1.54) is 12.2 Å². The molecule has 1 aromatic rings. The second-order valence-electron chi connectivity index (χ2n) is 5.70. The number of halogens is 4. The van der Waals surface area contributed by atoms with E-state index in [2.05, 4.69) is 4.18 Å². The third-order valence-corrected chi connectivity index (χ3v) is 4.75. The van der Waals surface area contributed by atoms with Crippen LogP contribution in [0.4, 0.5) is 17.6 Å². The minimum Gasteiger partial charge on any atom is -0.251 e. The zero-order valence-corrected chi connectivity index (χ0v) is 14.0. The highest BCUT2D eigenvalue weighted by Crippen LogP contribution is 2.42. The third kappa shape index (κ3) is 3.25. The van der Waals surface area contributed by atoms with Crippen LogP contribution in [-0.2, 0) is 20.0 Å². The third-order valence-electron chi connectivity index (χ3n) is 3.72. The fourth-order valence-electron chi connectivity index (χ4n) is 2.90. The summed E-state index contributed by atoms with van der Waals surface area (Å²) in [5.41, 5.74) is -6.22. The van der Waals surface area contributed by atoms with Gasteiger partial charge in [-0.3, -0.25) is 4.18 Å². The topological polar surface area (TPSA) is 43.4 Å². The molecule has 2 rings (SSSR count). The van der Waals surface area contributed by atoms with Crippen LogP contribution in [0.15, 0.2) is 36.4 Å². The molecule has 2 atom stereocenters. The van der Waals surface area contributed by atoms with Gasteiger partial charge in [-0.05, 0) is 38.0 Å². The molecule has 0 aliphatic heterocycles. The number of allylic oxidation sites excluding steroid dienone is 2. The molecule has 0 spiro atoms. The van der Waals surface area contributed by atoms with E-state index in [4.69, 9.17) is 0 Å². The van der Waals surface area contributed by atoms with Crippen molar-refractivity contribution in [3.8, 4) is 0 Å². The van der Waals surface area contributed by atoms with E-state index in [9.17, 15) is 21.6 Å². The molecule has 0 saturated heterocycles. The van der Waals surface area contributed by atoms with Gasteiger partial charge in [-0.15, -0.1) is 0 Å². The molecular weight excluding hydrogens is 348 g/mol. The molecule has 0 N–H and O–H groups in total. The van der Waals surface area contributed by atoms with Crippen molar-refractivity contribution in [1.29, 1.82) is 0 Å². The molecule has 8 heteroatoms. The van der Waals surface area contributed by atoms with Crippen molar-refractivity contribution in [1.82, 2.24) is 0 Å². The lowest BCUT2D eigenvalue weighted by atomic mass is 9.81. The van der Waals surface area contributed by atoms with Crippen LogP contribution < -0.4 is 0 Å². The van der Waals surface area contributed by atoms with Crippen LogP contribution in [-0.4, -0.2) is 20.0 Å². The first-order valence-electron chi connectivity index (χ1n) is 7.01. The summed E-state index contributed by atoms with van der Waals surface area (Å²) in [5, 5.41) is 0. The van der Waals surface area contributed by atoms with E-state index >= 15 is 4.39 Å². The lowest BCUT2D eigenvalue weighted by Crippen LogP contribution is -2.41. The summed E-state index contributed by atoms with van der Waals surface area (Å²) in [5.74, 6) is 0. The Balaban J connectivity index is 2.55. The van der Waals surface area contributed by atoms with E-state index in [-0.39, 0.29) is 5.56 Å². The van der Waals surface area contributed by atoms with Gasteiger partial charge in [0.15, 0.2) is 5.67 Å². The van der Waals surface area contributed by atoms with Crippen molar-refractivity contribution in [2.45, 2.75) is 38.1 Å². The normalized spacial score (nSPS) is 24.4. The average molecular weight is 364 g/mol. The number of hydrogen-bond donors (Lipinski definition) is 0. The first kappa shape index (κ1) is 18.7. The molecule has 1 aromatic carbocycles. The maximum absolute atomic E-state index is 15.6. The van der Waals surface area contributed by atoms with Gasteiger partial charge in [-0.25, -0.2) is 4.39 Å². The molecule has 3 nitrogen and oxygen atoms in total. The van der Waals surface area contributed by atoms with Crippen LogP contribution in [0.2, 0.25) is 0 Å². The molecule has 132 valence electrons. The van der Waals surface area contributed by atoms with Crippen LogP contribution in [0.5, 0.6) is 0 Å². The van der Waals surface area contributed by atoms with Crippen LogP contribution in [0.3, 0.4) is 0 Å². The molecule has 0 radical (unpaired) electrons. The number of benzene rings is 1. The Morgan fingerprint density at radius 3 is 2.12 bits per heavy atom. The van der Waals surface area contributed by atoms with E-state index in [0.29, 0.717) is 11.1 Å². The lowest BCUT2D eigenvalue weighted by Gasteiger charge is -2.33. The molecule has 0 saturated carbocycles. The number of rotatable bonds is 3. The van der Waals surface area contributed by atoms with Crippen molar-refractivity contribution in [3.05, 3.63) is 58.7 Å². The average Bonchev–Trinajstić information content (AvgIpc) is 2.38. The molecule has 1 aliphatic carbocycles. The summed E-state index contributed by atoms with van der Waals surface area (Å²) >= 11 is 0. The minimum atomic E-state index is -5.94. The zero-order chi connectivity index (χ0) is 18.3. The molecule has 24 heavy (non-hydrogen) atoms. The summed E-state index contributed by atoms with van der Waals surface area (Å²) in [7, 11) is -5.94. The van der Waals surface area contributed by atoms with Gasteiger partial charge in [0.25, 0.3) is 0 Å². The Kier molecular flexibility index (Phi) is 4.67. The Morgan fingerprint density at radius 2 is 1.62 bits per heavy atom. The van der Waals surface area contributed by atoms with E-state index in [1.807, 2.05) is 0 Å². The molecule has 0 amide bonds.